The summed E-state index contributed by atoms with van der Waals surface area (Å²) < 4.78 is 21.6. The zero-order valence-corrected chi connectivity index (χ0v) is 25.7. The highest BCUT2D eigenvalue weighted by atomic mass is 79.9. The molecular weight excluding hydrogens is 629 g/mol. The van der Waals surface area contributed by atoms with Gasteiger partial charge in [-0.25, -0.2) is 9.18 Å². The first-order chi connectivity index (χ1) is 19.8. The van der Waals surface area contributed by atoms with Crippen LogP contribution in [0.4, 0.5) is 15.8 Å². The smallest absolute Gasteiger partial charge is 0.335 e. The van der Waals surface area contributed by atoms with E-state index in [1.165, 1.54) is 25.3 Å². The molecule has 0 bridgehead atoms. The van der Waals surface area contributed by atoms with Crippen LogP contribution in [0.3, 0.4) is 0 Å². The number of ether oxygens (including phenoxy) is 1. The summed E-state index contributed by atoms with van der Waals surface area (Å²) in [5, 5.41) is 19.0. The molecule has 1 spiro atoms. The van der Waals surface area contributed by atoms with Crippen molar-refractivity contribution in [2.75, 3.05) is 17.7 Å². The van der Waals surface area contributed by atoms with Crippen LogP contribution in [0.2, 0.25) is 5.02 Å². The lowest BCUT2D eigenvalue weighted by Gasteiger charge is -2.37. The number of rotatable bonds is 6. The fourth-order valence-corrected chi connectivity index (χ4v) is 6.84. The van der Waals surface area contributed by atoms with Gasteiger partial charge in [0, 0.05) is 22.7 Å². The highest BCUT2D eigenvalue weighted by molar-refractivity contribution is 9.10. The maximum absolute atomic E-state index is 16.0. The van der Waals surface area contributed by atoms with Gasteiger partial charge in [0.2, 0.25) is 11.8 Å². The molecule has 2 aliphatic heterocycles. The minimum atomic E-state index is -1.37. The Morgan fingerprint density at radius 2 is 1.90 bits per heavy atom. The number of anilines is 2. The number of carboxylic acid groups (broad SMARTS) is 1. The maximum Gasteiger partial charge on any atom is 0.335 e. The molecular formula is C31H30BrClFN3O5. The molecule has 5 rings (SSSR count). The number of hydrogen-bond donors (Lipinski definition) is 4. The van der Waals surface area contributed by atoms with Gasteiger partial charge in [-0.2, -0.15) is 0 Å². The minimum Gasteiger partial charge on any atom is -0.495 e. The second kappa shape index (κ2) is 11.0. The molecule has 2 amide bonds. The summed E-state index contributed by atoms with van der Waals surface area (Å²) in [6, 6.07) is 12.4. The molecule has 42 heavy (non-hydrogen) atoms. The Bertz CT molecular complexity index is 1610. The van der Waals surface area contributed by atoms with Crippen molar-refractivity contribution in [3.8, 4) is 5.75 Å². The van der Waals surface area contributed by atoms with Crippen molar-refractivity contribution in [3.05, 3.63) is 86.6 Å². The topological polar surface area (TPSA) is 117 Å². The zero-order chi connectivity index (χ0) is 30.6. The first-order valence-corrected chi connectivity index (χ1v) is 14.5. The van der Waals surface area contributed by atoms with Crippen LogP contribution in [0, 0.1) is 11.2 Å². The van der Waals surface area contributed by atoms with E-state index in [0.29, 0.717) is 22.7 Å². The van der Waals surface area contributed by atoms with Gasteiger partial charge >= 0.3 is 5.97 Å². The minimum absolute atomic E-state index is 0.0139. The normalized spacial score (nSPS) is 23.0. The van der Waals surface area contributed by atoms with Gasteiger partial charge in [-0.1, -0.05) is 50.6 Å². The van der Waals surface area contributed by atoms with Crippen molar-refractivity contribution >= 4 is 56.7 Å². The van der Waals surface area contributed by atoms with Crippen molar-refractivity contribution in [2.45, 2.75) is 50.6 Å². The standard InChI is InChI=1S/C31H30BrClFN3O5/c1-30(2,3)14-23-31(18-10-9-16(33)13-21(18)36-29(31)41)24(17-6-5-7-19(32)25(17)34)26(37-23)27(38)35-20-11-8-15(28(39)40)12-22(20)42-4/h5-13,23-24,26,37H,14H2,1-4H3,(H,35,38)(H,36,41)(H,39,40)/t23-,24-,26+,31?/m0/s1. The molecule has 4 N–H and O–H groups in total. The van der Waals surface area contributed by atoms with E-state index in [4.69, 9.17) is 16.3 Å². The van der Waals surface area contributed by atoms with Crippen LogP contribution in [-0.4, -0.2) is 42.1 Å². The number of fused-ring (bicyclic) bond motifs is 2. The molecule has 0 aromatic heterocycles. The zero-order valence-electron chi connectivity index (χ0n) is 23.3. The highest BCUT2D eigenvalue weighted by Gasteiger charge is 2.66. The molecule has 8 nitrogen and oxygen atoms in total. The number of amides is 2. The van der Waals surface area contributed by atoms with Crippen LogP contribution in [0.1, 0.15) is 54.6 Å². The van der Waals surface area contributed by atoms with Gasteiger partial charge in [0.25, 0.3) is 0 Å². The van der Waals surface area contributed by atoms with E-state index >= 15 is 4.39 Å². The van der Waals surface area contributed by atoms with E-state index in [9.17, 15) is 19.5 Å². The molecule has 2 heterocycles. The quantitative estimate of drug-likeness (QED) is 0.246. The fraction of sp³-hybridized carbons (Fsp3) is 0.323. The van der Waals surface area contributed by atoms with Gasteiger partial charge in [0.1, 0.15) is 17.0 Å². The van der Waals surface area contributed by atoms with E-state index < -0.39 is 41.1 Å². The monoisotopic (exact) mass is 657 g/mol. The maximum atomic E-state index is 16.0. The van der Waals surface area contributed by atoms with Crippen molar-refractivity contribution < 1.29 is 28.6 Å². The summed E-state index contributed by atoms with van der Waals surface area (Å²) in [7, 11) is 1.36. The lowest BCUT2D eigenvalue weighted by molar-refractivity contribution is -0.122. The summed E-state index contributed by atoms with van der Waals surface area (Å²) >= 11 is 9.57. The Hall–Kier alpha value is -3.47. The largest absolute Gasteiger partial charge is 0.495 e. The number of carbonyl (C=O) groups excluding carboxylic acids is 2. The summed E-state index contributed by atoms with van der Waals surface area (Å²) in [5.41, 5.74) is -0.0865. The van der Waals surface area contributed by atoms with Gasteiger partial charge in [-0.15, -0.1) is 0 Å². The van der Waals surface area contributed by atoms with E-state index in [-0.39, 0.29) is 38.4 Å². The third-order valence-corrected chi connectivity index (χ3v) is 8.77. The lowest BCUT2D eigenvalue weighted by atomic mass is 9.62. The van der Waals surface area contributed by atoms with Crippen molar-refractivity contribution in [2.24, 2.45) is 5.41 Å². The van der Waals surface area contributed by atoms with Crippen molar-refractivity contribution in [3.63, 3.8) is 0 Å². The molecule has 0 aliphatic carbocycles. The molecule has 220 valence electrons. The average Bonchev–Trinajstić information content (AvgIpc) is 3.39. The predicted octanol–water partition coefficient (Wildman–Crippen LogP) is 6.34. The summed E-state index contributed by atoms with van der Waals surface area (Å²) in [6.45, 7) is 6.11. The molecule has 3 aromatic rings. The SMILES string of the molecule is COc1cc(C(=O)O)ccc1NC(=O)[C@@H]1N[C@@H](CC(C)(C)C)C2(C(=O)Nc3cc(Cl)ccc32)[C@H]1c1cccc(Br)c1F. The second-order valence-corrected chi connectivity index (χ2v) is 13.1. The van der Waals surface area contributed by atoms with E-state index in [2.05, 4.69) is 31.9 Å². The third-order valence-electron chi connectivity index (χ3n) is 7.93. The summed E-state index contributed by atoms with van der Waals surface area (Å²) in [6.07, 6.45) is 0.481. The van der Waals surface area contributed by atoms with Crippen LogP contribution < -0.4 is 20.7 Å². The molecule has 0 saturated carbocycles. The van der Waals surface area contributed by atoms with Crippen LogP contribution in [0.15, 0.2) is 59.1 Å². The molecule has 2 aliphatic rings. The number of carboxylic acids is 1. The van der Waals surface area contributed by atoms with Crippen LogP contribution in [-0.2, 0) is 15.0 Å². The van der Waals surface area contributed by atoms with E-state index in [1.54, 1.807) is 36.4 Å². The second-order valence-electron chi connectivity index (χ2n) is 11.8. The van der Waals surface area contributed by atoms with Crippen LogP contribution in [0.25, 0.3) is 0 Å². The highest BCUT2D eigenvalue weighted by Crippen LogP contribution is 2.57. The Labute approximate surface area is 256 Å². The Kier molecular flexibility index (Phi) is 7.85. The molecule has 1 fully saturated rings. The van der Waals surface area contributed by atoms with Crippen molar-refractivity contribution in [1.29, 1.82) is 0 Å². The van der Waals surface area contributed by atoms with Gasteiger partial charge in [0.05, 0.1) is 28.9 Å². The Morgan fingerprint density at radius 3 is 2.57 bits per heavy atom. The third kappa shape index (κ3) is 5.05. The van der Waals surface area contributed by atoms with E-state index in [1.807, 2.05) is 20.8 Å². The predicted molar refractivity (Wildman–Crippen MR) is 162 cm³/mol. The molecule has 4 atom stereocenters. The number of carbonyl (C=O) groups is 3. The molecule has 3 aromatic carbocycles. The van der Waals surface area contributed by atoms with Crippen molar-refractivity contribution in [1.82, 2.24) is 5.32 Å². The van der Waals surface area contributed by atoms with Gasteiger partial charge in [0.15, 0.2) is 0 Å². The number of hydrogen-bond acceptors (Lipinski definition) is 5. The first-order valence-electron chi connectivity index (χ1n) is 13.3. The number of methoxy groups -OCH3 is 1. The fourth-order valence-electron chi connectivity index (χ4n) is 6.29. The lowest BCUT2D eigenvalue weighted by Crippen LogP contribution is -2.49. The van der Waals surface area contributed by atoms with Crippen LogP contribution in [0.5, 0.6) is 5.75 Å². The summed E-state index contributed by atoms with van der Waals surface area (Å²) in [5.74, 6) is -3.44. The molecule has 0 radical (unpaired) electrons. The Balaban J connectivity index is 1.70. The molecule has 1 unspecified atom stereocenters. The van der Waals surface area contributed by atoms with Gasteiger partial charge < -0.3 is 25.8 Å². The number of aromatic carboxylic acids is 1. The summed E-state index contributed by atoms with van der Waals surface area (Å²) in [4.78, 5) is 39.9. The number of benzene rings is 3. The van der Waals surface area contributed by atoms with E-state index in [0.717, 1.165) is 0 Å². The average molecular weight is 659 g/mol. The first kappa shape index (κ1) is 30.0. The molecule has 1 saturated heterocycles. The number of halogens is 3. The molecule has 11 heteroatoms. The Morgan fingerprint density at radius 1 is 1.17 bits per heavy atom. The van der Waals surface area contributed by atoms with Crippen LogP contribution >= 0.6 is 27.5 Å². The number of nitrogens with one attached hydrogen (secondary N) is 3. The van der Waals surface area contributed by atoms with Gasteiger partial charge in [-0.3, -0.25) is 9.59 Å². The van der Waals surface area contributed by atoms with Gasteiger partial charge in [-0.05, 0) is 75.3 Å².